The van der Waals surface area contributed by atoms with Crippen LogP contribution >= 0.6 is 0 Å². The molecule has 6 nitrogen and oxygen atoms in total. The second-order valence-corrected chi connectivity index (χ2v) is 6.31. The molecule has 0 spiro atoms. The standard InChI is InChI=1S/C19H23N3O3/c1-4-13-5-7-14(8-6-13)18(12(2)3)21-16-10-9-15(19(20)23)11-17(16)22(24)25/h5-12,18,21H,4H2,1-3H3,(H2,20,23). The number of hydrogen-bond donors (Lipinski definition) is 2. The van der Waals surface area contributed by atoms with E-state index < -0.39 is 10.8 Å². The summed E-state index contributed by atoms with van der Waals surface area (Å²) in [5.41, 5.74) is 7.84. The van der Waals surface area contributed by atoms with E-state index in [1.807, 2.05) is 12.1 Å². The number of nitrogens with one attached hydrogen (secondary N) is 1. The van der Waals surface area contributed by atoms with Gasteiger partial charge in [-0.2, -0.15) is 0 Å². The summed E-state index contributed by atoms with van der Waals surface area (Å²) in [6, 6.07) is 12.4. The maximum Gasteiger partial charge on any atom is 0.293 e. The van der Waals surface area contributed by atoms with Gasteiger partial charge in [-0.05, 0) is 35.6 Å². The average Bonchev–Trinajstić information content (AvgIpc) is 2.59. The number of aryl methyl sites for hydroxylation is 1. The van der Waals surface area contributed by atoms with Gasteiger partial charge in [0.2, 0.25) is 5.91 Å². The first-order chi connectivity index (χ1) is 11.8. The van der Waals surface area contributed by atoms with Crippen molar-refractivity contribution >= 4 is 17.3 Å². The highest BCUT2D eigenvalue weighted by Gasteiger charge is 2.22. The molecule has 2 rings (SSSR count). The van der Waals surface area contributed by atoms with Crippen LogP contribution in [0.5, 0.6) is 0 Å². The molecule has 0 fully saturated rings. The predicted molar refractivity (Wildman–Crippen MR) is 98.6 cm³/mol. The van der Waals surface area contributed by atoms with Crippen LogP contribution < -0.4 is 11.1 Å². The Hall–Kier alpha value is -2.89. The van der Waals surface area contributed by atoms with E-state index >= 15 is 0 Å². The Morgan fingerprint density at radius 3 is 2.32 bits per heavy atom. The van der Waals surface area contributed by atoms with Crippen LogP contribution in [-0.2, 0) is 6.42 Å². The van der Waals surface area contributed by atoms with Gasteiger partial charge in [0, 0.05) is 11.6 Å². The number of amides is 1. The molecule has 0 saturated carbocycles. The molecule has 0 heterocycles. The fraction of sp³-hybridized carbons (Fsp3) is 0.316. The summed E-state index contributed by atoms with van der Waals surface area (Å²) in [4.78, 5) is 22.2. The van der Waals surface area contributed by atoms with Gasteiger partial charge in [0.05, 0.1) is 11.0 Å². The van der Waals surface area contributed by atoms with Gasteiger partial charge in [-0.25, -0.2) is 0 Å². The molecule has 0 saturated heterocycles. The lowest BCUT2D eigenvalue weighted by atomic mass is 9.94. The molecular formula is C19H23N3O3. The Morgan fingerprint density at radius 1 is 1.20 bits per heavy atom. The molecule has 0 aliphatic heterocycles. The minimum atomic E-state index is -0.690. The van der Waals surface area contributed by atoms with E-state index in [-0.39, 0.29) is 23.2 Å². The summed E-state index contributed by atoms with van der Waals surface area (Å²) in [6.45, 7) is 6.20. The van der Waals surface area contributed by atoms with Gasteiger partial charge in [0.1, 0.15) is 5.69 Å². The molecular weight excluding hydrogens is 318 g/mol. The van der Waals surface area contributed by atoms with Gasteiger partial charge in [0.25, 0.3) is 5.69 Å². The molecule has 0 radical (unpaired) electrons. The number of primary amides is 1. The van der Waals surface area contributed by atoms with Crippen LogP contribution in [-0.4, -0.2) is 10.8 Å². The number of nitrogens with two attached hydrogens (primary N) is 1. The molecule has 6 heteroatoms. The van der Waals surface area contributed by atoms with Crippen LogP contribution in [0, 0.1) is 16.0 Å². The van der Waals surface area contributed by atoms with Gasteiger partial charge < -0.3 is 11.1 Å². The van der Waals surface area contributed by atoms with Crippen molar-refractivity contribution in [2.75, 3.05) is 5.32 Å². The third kappa shape index (κ3) is 4.35. The quantitative estimate of drug-likeness (QED) is 0.586. The number of hydrogen-bond acceptors (Lipinski definition) is 4. The lowest BCUT2D eigenvalue weighted by Gasteiger charge is -2.24. The summed E-state index contributed by atoms with van der Waals surface area (Å²) in [6.07, 6.45) is 0.958. The molecule has 0 aromatic heterocycles. The van der Waals surface area contributed by atoms with E-state index in [0.717, 1.165) is 12.0 Å². The molecule has 1 unspecified atom stereocenters. The van der Waals surface area contributed by atoms with Crippen molar-refractivity contribution in [1.29, 1.82) is 0 Å². The van der Waals surface area contributed by atoms with Crippen molar-refractivity contribution in [2.45, 2.75) is 33.2 Å². The molecule has 1 atom stereocenters. The largest absolute Gasteiger partial charge is 0.372 e. The molecule has 1 amide bonds. The maximum absolute atomic E-state index is 11.4. The summed E-state index contributed by atoms with van der Waals surface area (Å²) in [5, 5.41) is 14.6. The third-order valence-electron chi connectivity index (χ3n) is 4.20. The van der Waals surface area contributed by atoms with Gasteiger partial charge in [0.15, 0.2) is 0 Å². The Labute approximate surface area is 147 Å². The molecule has 0 aliphatic carbocycles. The van der Waals surface area contributed by atoms with Gasteiger partial charge in [-0.15, -0.1) is 0 Å². The second kappa shape index (κ2) is 7.79. The Bertz CT molecular complexity index is 770. The van der Waals surface area contributed by atoms with Crippen LogP contribution in [0.1, 0.15) is 48.3 Å². The lowest BCUT2D eigenvalue weighted by molar-refractivity contribution is -0.384. The summed E-state index contributed by atoms with van der Waals surface area (Å²) >= 11 is 0. The third-order valence-corrected chi connectivity index (χ3v) is 4.20. The number of carbonyl (C=O) groups excluding carboxylic acids is 1. The highest BCUT2D eigenvalue weighted by Crippen LogP contribution is 2.32. The first-order valence-corrected chi connectivity index (χ1v) is 8.27. The predicted octanol–water partition coefficient (Wildman–Crippen LogP) is 4.07. The average molecular weight is 341 g/mol. The van der Waals surface area contributed by atoms with Crippen LogP contribution in [0.4, 0.5) is 11.4 Å². The number of benzene rings is 2. The fourth-order valence-corrected chi connectivity index (χ4v) is 2.72. The van der Waals surface area contributed by atoms with Crippen molar-refractivity contribution in [3.8, 4) is 0 Å². The van der Waals surface area contributed by atoms with Crippen LogP contribution in [0.15, 0.2) is 42.5 Å². The SMILES string of the molecule is CCc1ccc(C(Nc2ccc(C(N)=O)cc2[N+](=O)[O-])C(C)C)cc1. The van der Waals surface area contributed by atoms with Crippen LogP contribution in [0.2, 0.25) is 0 Å². The van der Waals surface area contributed by atoms with E-state index in [1.54, 1.807) is 0 Å². The Morgan fingerprint density at radius 2 is 1.84 bits per heavy atom. The van der Waals surface area contributed by atoms with E-state index in [2.05, 4.69) is 38.2 Å². The molecule has 2 aromatic rings. The summed E-state index contributed by atoms with van der Waals surface area (Å²) < 4.78 is 0. The second-order valence-electron chi connectivity index (χ2n) is 6.31. The zero-order valence-corrected chi connectivity index (χ0v) is 14.7. The van der Waals surface area contributed by atoms with Gasteiger partial charge in [-0.1, -0.05) is 45.0 Å². The van der Waals surface area contributed by atoms with E-state index in [0.29, 0.717) is 5.69 Å². The molecule has 0 aliphatic rings. The smallest absolute Gasteiger partial charge is 0.293 e. The van der Waals surface area contributed by atoms with Crippen molar-refractivity contribution in [3.63, 3.8) is 0 Å². The molecule has 2 aromatic carbocycles. The number of anilines is 1. The molecule has 132 valence electrons. The van der Waals surface area contributed by atoms with E-state index in [9.17, 15) is 14.9 Å². The molecule has 3 N–H and O–H groups in total. The lowest BCUT2D eigenvalue weighted by Crippen LogP contribution is -2.18. The number of nitrogens with zero attached hydrogens (tertiary/aromatic N) is 1. The van der Waals surface area contributed by atoms with E-state index in [1.165, 1.54) is 23.8 Å². The highest BCUT2D eigenvalue weighted by atomic mass is 16.6. The van der Waals surface area contributed by atoms with Crippen molar-refractivity contribution in [1.82, 2.24) is 0 Å². The number of rotatable bonds is 7. The highest BCUT2D eigenvalue weighted by molar-refractivity contribution is 5.94. The Balaban J connectivity index is 2.38. The number of nitro benzene ring substituents is 1. The first kappa shape index (κ1) is 18.4. The Kier molecular flexibility index (Phi) is 5.75. The van der Waals surface area contributed by atoms with Crippen LogP contribution in [0.3, 0.4) is 0 Å². The molecule has 25 heavy (non-hydrogen) atoms. The zero-order valence-electron chi connectivity index (χ0n) is 14.7. The molecule has 0 bridgehead atoms. The summed E-state index contributed by atoms with van der Waals surface area (Å²) in [5.74, 6) is -0.479. The van der Waals surface area contributed by atoms with Crippen molar-refractivity contribution in [3.05, 3.63) is 69.3 Å². The minimum absolute atomic E-state index is 0.0935. The van der Waals surface area contributed by atoms with Crippen LogP contribution in [0.25, 0.3) is 0 Å². The van der Waals surface area contributed by atoms with Crippen molar-refractivity contribution in [2.24, 2.45) is 11.7 Å². The van der Waals surface area contributed by atoms with Crippen molar-refractivity contribution < 1.29 is 9.72 Å². The normalized spacial score (nSPS) is 12.0. The van der Waals surface area contributed by atoms with Gasteiger partial charge >= 0.3 is 0 Å². The zero-order chi connectivity index (χ0) is 18.6. The minimum Gasteiger partial charge on any atom is -0.372 e. The maximum atomic E-state index is 11.4. The van der Waals surface area contributed by atoms with Gasteiger partial charge in [-0.3, -0.25) is 14.9 Å². The monoisotopic (exact) mass is 341 g/mol. The van der Waals surface area contributed by atoms with E-state index in [4.69, 9.17) is 5.73 Å². The fourth-order valence-electron chi connectivity index (χ4n) is 2.72. The number of carbonyl (C=O) groups is 1. The summed E-state index contributed by atoms with van der Waals surface area (Å²) in [7, 11) is 0. The first-order valence-electron chi connectivity index (χ1n) is 8.27. The topological polar surface area (TPSA) is 98.3 Å². The number of nitro groups is 1.